The molecule has 6 N–H and O–H groups in total. The van der Waals surface area contributed by atoms with Crippen molar-refractivity contribution in [1.29, 1.82) is 0 Å². The van der Waals surface area contributed by atoms with Crippen molar-refractivity contribution >= 4 is 0 Å². The first kappa shape index (κ1) is 30.1. The lowest BCUT2D eigenvalue weighted by Crippen LogP contribution is -2.60. The summed E-state index contributed by atoms with van der Waals surface area (Å²) in [7, 11) is 0. The minimum Gasteiger partial charge on any atom is -0.394 e. The van der Waals surface area contributed by atoms with E-state index in [-0.39, 0.29) is 28.6 Å². The van der Waals surface area contributed by atoms with Gasteiger partial charge in [-0.2, -0.15) is 0 Å². The second kappa shape index (κ2) is 10.5. The average molecular weight is 592 g/mol. The van der Waals surface area contributed by atoms with Crippen LogP contribution in [-0.4, -0.2) is 110 Å². The first-order valence-electron chi connectivity index (χ1n) is 16.7. The topological polar surface area (TPSA) is 143 Å². The highest BCUT2D eigenvalue weighted by atomic mass is 16.7. The maximum absolute atomic E-state index is 12.2. The number of hydrogen-bond donors (Lipinski definition) is 6. The predicted molar refractivity (Wildman–Crippen MR) is 154 cm³/mol. The predicted octanol–water partition coefficient (Wildman–Crippen LogP) is 1.42. The SMILES string of the molecule is C[C@H]1CCC2[C@@H](C)[C@H]3[C@H](C[C@H]4[C@@H]5[C@H](O[C@H]6O[C@H]([C@@H](O)CO)[C@@H](O)[C@@H]6O)C=C6C[C@@H](O)CC[C@]6(C)[C@H]5C[C@H](O)[C@]34C)N2C1. The van der Waals surface area contributed by atoms with Crippen LogP contribution >= 0.6 is 0 Å². The number of piperidine rings is 1. The maximum atomic E-state index is 12.2. The smallest absolute Gasteiger partial charge is 0.187 e. The molecule has 1 unspecified atom stereocenters. The molecule has 3 saturated heterocycles. The number of nitrogens with zero attached hydrogens (tertiary/aromatic N) is 1. The second-order valence-electron chi connectivity index (χ2n) is 15.8. The average Bonchev–Trinajstić information content (AvgIpc) is 3.53. The second-order valence-corrected chi connectivity index (χ2v) is 15.8. The van der Waals surface area contributed by atoms with Crippen molar-refractivity contribution < 1.29 is 40.1 Å². The molecule has 0 aromatic carbocycles. The number of rotatable bonds is 4. The molecule has 3 aliphatic heterocycles. The van der Waals surface area contributed by atoms with Gasteiger partial charge in [0.15, 0.2) is 6.29 Å². The van der Waals surface area contributed by atoms with Crippen molar-refractivity contribution in [2.24, 2.45) is 46.3 Å². The van der Waals surface area contributed by atoms with Crippen LogP contribution in [0.4, 0.5) is 0 Å². The Kier molecular flexibility index (Phi) is 7.48. The Bertz CT molecular complexity index is 1070. The summed E-state index contributed by atoms with van der Waals surface area (Å²) in [5, 5.41) is 64.1. The van der Waals surface area contributed by atoms with E-state index in [1.807, 2.05) is 0 Å². The summed E-state index contributed by atoms with van der Waals surface area (Å²) in [5.74, 6) is 2.02. The lowest BCUT2D eigenvalue weighted by Gasteiger charge is -2.61. The molecule has 238 valence electrons. The van der Waals surface area contributed by atoms with E-state index < -0.39 is 55.6 Å². The van der Waals surface area contributed by atoms with Gasteiger partial charge < -0.3 is 40.1 Å². The lowest BCUT2D eigenvalue weighted by molar-refractivity contribution is -0.232. The van der Waals surface area contributed by atoms with Crippen LogP contribution in [0.3, 0.4) is 0 Å². The molecule has 0 amide bonds. The van der Waals surface area contributed by atoms with Crippen molar-refractivity contribution in [3.05, 3.63) is 11.6 Å². The van der Waals surface area contributed by atoms with E-state index in [9.17, 15) is 30.6 Å². The molecule has 0 aromatic rings. The fourth-order valence-corrected chi connectivity index (χ4v) is 11.8. The van der Waals surface area contributed by atoms with Gasteiger partial charge in [-0.1, -0.05) is 39.3 Å². The summed E-state index contributed by atoms with van der Waals surface area (Å²) in [6, 6.07) is 1.02. The molecule has 18 atom stereocenters. The molecule has 3 heterocycles. The zero-order valence-corrected chi connectivity index (χ0v) is 25.6. The molecule has 7 aliphatic rings. The highest BCUT2D eigenvalue weighted by molar-refractivity contribution is 5.30. The highest BCUT2D eigenvalue weighted by Crippen LogP contribution is 2.70. The van der Waals surface area contributed by atoms with Gasteiger partial charge in [0.2, 0.25) is 0 Å². The molecular weight excluding hydrogens is 538 g/mol. The normalized spacial score (nSPS) is 58.0. The first-order valence-corrected chi connectivity index (χ1v) is 16.7. The van der Waals surface area contributed by atoms with Gasteiger partial charge in [-0.05, 0) is 85.9 Å². The summed E-state index contributed by atoms with van der Waals surface area (Å²) >= 11 is 0. The van der Waals surface area contributed by atoms with E-state index in [0.29, 0.717) is 42.7 Å². The zero-order chi connectivity index (χ0) is 29.9. The Morgan fingerprint density at radius 1 is 1.02 bits per heavy atom. The number of ether oxygens (including phenoxy) is 2. The van der Waals surface area contributed by atoms with Gasteiger partial charge in [0.1, 0.15) is 24.4 Å². The summed E-state index contributed by atoms with van der Waals surface area (Å²) in [4.78, 5) is 2.79. The van der Waals surface area contributed by atoms with Crippen molar-refractivity contribution in [2.75, 3.05) is 13.2 Å². The Balaban J connectivity index is 1.26. The van der Waals surface area contributed by atoms with E-state index >= 15 is 0 Å². The quantitative estimate of drug-likeness (QED) is 0.268. The summed E-state index contributed by atoms with van der Waals surface area (Å²) in [5.41, 5.74) is 0.731. The molecule has 3 saturated carbocycles. The van der Waals surface area contributed by atoms with Gasteiger partial charge in [-0.15, -0.1) is 0 Å². The summed E-state index contributed by atoms with van der Waals surface area (Å²) in [6.07, 6.45) is 0.894. The van der Waals surface area contributed by atoms with Crippen molar-refractivity contribution in [2.45, 2.75) is 134 Å². The third kappa shape index (κ3) is 4.14. The van der Waals surface area contributed by atoms with Crippen LogP contribution in [0.1, 0.15) is 72.6 Å². The standard InChI is InChI=1S/C33H53NO8/c1-15-5-6-21-16(2)27-22(34(21)13-15)11-20-26-19(12-25(38)33(20,27)4)32(3)8-7-18(36)9-17(32)10-24(26)41-31-29(40)28(39)30(42-31)23(37)14-35/h10,15-16,18-31,35-40H,5-9,11-14H2,1-4H3/t15-,16+,18-,19-,20-,21?,22-,23-,24+,25-,26+,27-,28-,29-,30+,31-,32-,33+/m0/s1. The van der Waals surface area contributed by atoms with Crippen LogP contribution in [0.5, 0.6) is 0 Å². The van der Waals surface area contributed by atoms with Gasteiger partial charge in [0, 0.05) is 24.0 Å². The number of fused-ring (bicyclic) bond motifs is 9. The van der Waals surface area contributed by atoms with Crippen LogP contribution in [-0.2, 0) is 9.47 Å². The highest BCUT2D eigenvalue weighted by Gasteiger charge is 2.70. The van der Waals surface area contributed by atoms with E-state index in [4.69, 9.17) is 9.47 Å². The Hall–Kier alpha value is -0.620. The van der Waals surface area contributed by atoms with Crippen molar-refractivity contribution in [3.63, 3.8) is 0 Å². The zero-order valence-electron chi connectivity index (χ0n) is 25.6. The van der Waals surface area contributed by atoms with Gasteiger partial charge in [0.05, 0.1) is 24.9 Å². The lowest BCUT2D eigenvalue weighted by atomic mass is 9.45. The van der Waals surface area contributed by atoms with Crippen LogP contribution in [0.15, 0.2) is 11.6 Å². The number of aliphatic hydroxyl groups is 6. The first-order chi connectivity index (χ1) is 19.9. The van der Waals surface area contributed by atoms with Gasteiger partial charge >= 0.3 is 0 Å². The maximum Gasteiger partial charge on any atom is 0.187 e. The van der Waals surface area contributed by atoms with Crippen molar-refractivity contribution in [1.82, 2.24) is 4.90 Å². The van der Waals surface area contributed by atoms with Gasteiger partial charge in [0.25, 0.3) is 0 Å². The Labute approximate surface area is 249 Å². The van der Waals surface area contributed by atoms with Gasteiger partial charge in [-0.25, -0.2) is 0 Å². The van der Waals surface area contributed by atoms with E-state index in [2.05, 4.69) is 38.7 Å². The minimum absolute atomic E-state index is 0.0793. The molecular formula is C33H53NO8. The third-order valence-corrected chi connectivity index (χ3v) is 13.9. The van der Waals surface area contributed by atoms with Crippen LogP contribution in [0.2, 0.25) is 0 Å². The molecule has 0 aromatic heterocycles. The van der Waals surface area contributed by atoms with E-state index in [0.717, 1.165) is 31.4 Å². The molecule has 0 bridgehead atoms. The number of hydrogen-bond acceptors (Lipinski definition) is 9. The Morgan fingerprint density at radius 2 is 1.79 bits per heavy atom. The number of aliphatic hydroxyl groups excluding tert-OH is 6. The third-order valence-electron chi connectivity index (χ3n) is 13.9. The minimum atomic E-state index is -1.38. The Morgan fingerprint density at radius 3 is 2.52 bits per heavy atom. The van der Waals surface area contributed by atoms with Crippen LogP contribution in [0, 0.1) is 46.3 Å². The van der Waals surface area contributed by atoms with Crippen molar-refractivity contribution in [3.8, 4) is 0 Å². The molecule has 0 radical (unpaired) electrons. The molecule has 9 nitrogen and oxygen atoms in total. The fraction of sp³-hybridized carbons (Fsp3) is 0.939. The van der Waals surface area contributed by atoms with Crippen LogP contribution < -0.4 is 0 Å². The van der Waals surface area contributed by atoms with E-state index in [1.165, 1.54) is 12.8 Å². The van der Waals surface area contributed by atoms with Crippen LogP contribution in [0.25, 0.3) is 0 Å². The molecule has 7 rings (SSSR count). The molecule has 6 fully saturated rings. The van der Waals surface area contributed by atoms with E-state index in [1.54, 1.807) is 0 Å². The van der Waals surface area contributed by atoms with Gasteiger partial charge in [-0.3, -0.25) is 4.90 Å². The fourth-order valence-electron chi connectivity index (χ4n) is 11.8. The summed E-state index contributed by atoms with van der Waals surface area (Å²) in [6.45, 7) is 9.96. The molecule has 4 aliphatic carbocycles. The summed E-state index contributed by atoms with van der Waals surface area (Å²) < 4.78 is 12.5. The largest absolute Gasteiger partial charge is 0.394 e. The molecule has 9 heteroatoms. The monoisotopic (exact) mass is 591 g/mol. The molecule has 0 spiro atoms. The molecule has 42 heavy (non-hydrogen) atoms.